The van der Waals surface area contributed by atoms with Crippen LogP contribution in [0.5, 0.6) is 0 Å². The van der Waals surface area contributed by atoms with Gasteiger partial charge in [0.2, 0.25) is 0 Å². The molecule has 0 radical (unpaired) electrons. The van der Waals surface area contributed by atoms with E-state index in [2.05, 4.69) is 18.4 Å². The normalized spacial score (nSPS) is 7.56. The number of rotatable bonds is 0. The summed E-state index contributed by atoms with van der Waals surface area (Å²) >= 11 is 0. The van der Waals surface area contributed by atoms with Crippen LogP contribution < -0.4 is 0 Å². The van der Waals surface area contributed by atoms with Crippen molar-refractivity contribution in [1.29, 1.82) is 0 Å². The van der Waals surface area contributed by atoms with Gasteiger partial charge in [-0.1, -0.05) is 17.7 Å². The molecule has 2 rings (SSSR count). The summed E-state index contributed by atoms with van der Waals surface area (Å²) in [5.74, 6) is 5.88. The first-order valence-corrected chi connectivity index (χ1v) is 4.85. The van der Waals surface area contributed by atoms with Crippen LogP contribution in [0, 0.1) is 11.8 Å². The zero-order valence-electron chi connectivity index (χ0n) is 9.26. The molecule has 0 spiro atoms. The predicted molar refractivity (Wildman–Crippen MR) is 65.8 cm³/mol. The largest absolute Gasteiger partial charge is 2.00 e. The molecule has 1 heteroatoms. The van der Waals surface area contributed by atoms with Crippen molar-refractivity contribution in [2.75, 3.05) is 0 Å². The Morgan fingerprint density at radius 3 is 2.06 bits per heavy atom. The summed E-state index contributed by atoms with van der Waals surface area (Å²) in [5.41, 5.74) is 1.96. The molecule has 0 amide bonds. The van der Waals surface area contributed by atoms with Crippen LogP contribution in [-0.2, 0) is 17.1 Å². The van der Waals surface area contributed by atoms with Gasteiger partial charge in [0.1, 0.15) is 0 Å². The summed E-state index contributed by atoms with van der Waals surface area (Å²) in [6.45, 7) is 5.58. The number of hydrogen-bond donors (Lipinski definition) is 0. The van der Waals surface area contributed by atoms with E-state index in [1.54, 1.807) is 0 Å². The molecule has 0 N–H and O–H groups in total. The molecule has 0 fully saturated rings. The van der Waals surface area contributed by atoms with Crippen molar-refractivity contribution in [1.82, 2.24) is 0 Å². The van der Waals surface area contributed by atoms with Crippen LogP contribution in [0.2, 0.25) is 0 Å². The molecule has 82 valence electrons. The molecule has 0 saturated heterocycles. The van der Waals surface area contributed by atoms with Crippen LogP contribution in [0.1, 0.15) is 12.5 Å². The van der Waals surface area contributed by atoms with E-state index >= 15 is 0 Å². The Morgan fingerprint density at radius 2 is 1.69 bits per heavy atom. The van der Waals surface area contributed by atoms with Gasteiger partial charge in [-0.3, -0.25) is 0 Å². The molecule has 0 aliphatic carbocycles. The Balaban J connectivity index is 0.000000318. The van der Waals surface area contributed by atoms with E-state index in [1.165, 1.54) is 0 Å². The van der Waals surface area contributed by atoms with Crippen molar-refractivity contribution in [2.24, 2.45) is 0 Å². The summed E-state index contributed by atoms with van der Waals surface area (Å²) in [4.78, 5) is 0. The first-order valence-electron chi connectivity index (χ1n) is 4.85. The van der Waals surface area contributed by atoms with E-state index in [1.807, 2.05) is 61.5 Å². The minimum Gasteiger partial charge on any atom is -0.214 e. The number of allylic oxidation sites excluding steroid dienone is 1. The van der Waals surface area contributed by atoms with E-state index in [0.29, 0.717) is 0 Å². The maximum absolute atomic E-state index is 3.68. The molecular formula is C15H14Fe. The zero-order valence-corrected chi connectivity index (χ0v) is 10.4. The fourth-order valence-corrected chi connectivity index (χ4v) is 0.957. The molecule has 0 saturated carbocycles. The van der Waals surface area contributed by atoms with Crippen molar-refractivity contribution >= 4 is 0 Å². The van der Waals surface area contributed by atoms with Crippen molar-refractivity contribution in [3.8, 4) is 11.8 Å². The van der Waals surface area contributed by atoms with Gasteiger partial charge in [0, 0.05) is 0 Å². The summed E-state index contributed by atoms with van der Waals surface area (Å²) in [5, 5.41) is 0. The van der Waals surface area contributed by atoms with Crippen molar-refractivity contribution in [3.63, 3.8) is 0 Å². The van der Waals surface area contributed by atoms with E-state index in [9.17, 15) is 0 Å². The summed E-state index contributed by atoms with van der Waals surface area (Å²) in [6, 6.07) is 17.9. The molecule has 16 heavy (non-hydrogen) atoms. The van der Waals surface area contributed by atoms with E-state index < -0.39 is 0 Å². The van der Waals surface area contributed by atoms with E-state index in [0.717, 1.165) is 11.1 Å². The maximum Gasteiger partial charge on any atom is 2.00 e. The van der Waals surface area contributed by atoms with Gasteiger partial charge in [0.15, 0.2) is 0 Å². The second kappa shape index (κ2) is 8.80. The maximum atomic E-state index is 3.68. The third-order valence-corrected chi connectivity index (χ3v) is 1.64. The molecular weight excluding hydrogens is 236 g/mol. The quantitative estimate of drug-likeness (QED) is 0.379. The molecule has 2 aromatic carbocycles. The summed E-state index contributed by atoms with van der Waals surface area (Å²) in [6.07, 6.45) is 0. The van der Waals surface area contributed by atoms with E-state index in [4.69, 9.17) is 0 Å². The van der Waals surface area contributed by atoms with Crippen molar-refractivity contribution < 1.29 is 17.1 Å². The fraction of sp³-hybridized carbons (Fsp3) is 0.0667. The van der Waals surface area contributed by atoms with Gasteiger partial charge in [-0.25, -0.2) is 12.1 Å². The Hall–Kier alpha value is -1.48. The minimum atomic E-state index is 0. The molecule has 0 aliphatic rings. The third-order valence-electron chi connectivity index (χ3n) is 1.64. The summed E-state index contributed by atoms with van der Waals surface area (Å²) in [7, 11) is 0. The van der Waals surface area contributed by atoms with E-state index in [-0.39, 0.29) is 17.1 Å². The first-order chi connectivity index (χ1) is 7.29. The average Bonchev–Trinajstić information content (AvgIpc) is 2.91. The topological polar surface area (TPSA) is 0 Å². The Morgan fingerprint density at radius 1 is 1.12 bits per heavy atom. The molecule has 0 aliphatic heterocycles. The summed E-state index contributed by atoms with van der Waals surface area (Å²) < 4.78 is 0. The number of hydrogen-bond acceptors (Lipinski definition) is 0. The zero-order chi connectivity index (χ0) is 10.9. The Kier molecular flexibility index (Phi) is 7.98. The molecule has 0 bridgehead atoms. The Labute approximate surface area is 108 Å². The third kappa shape index (κ3) is 6.90. The van der Waals surface area contributed by atoms with Crippen molar-refractivity contribution in [3.05, 3.63) is 72.3 Å². The van der Waals surface area contributed by atoms with Gasteiger partial charge in [0.25, 0.3) is 0 Å². The fourth-order valence-electron chi connectivity index (χ4n) is 0.957. The van der Waals surface area contributed by atoms with Gasteiger partial charge < -0.3 is 0 Å². The molecule has 0 nitrogen and oxygen atoms in total. The van der Waals surface area contributed by atoms with Crippen LogP contribution in [0.3, 0.4) is 0 Å². The van der Waals surface area contributed by atoms with Crippen LogP contribution in [0.15, 0.2) is 66.7 Å². The van der Waals surface area contributed by atoms with Gasteiger partial charge in [-0.05, 0) is 6.92 Å². The first kappa shape index (κ1) is 14.5. The second-order valence-electron chi connectivity index (χ2n) is 3.17. The standard InChI is InChI=1S/C10H9.C5H5.Fe/c1-9(2)7-8-10-5-3-4-6-10;1-2-4-5-3-1;/h3-6H,1H2,2H3;1-5H;/q2*-1;+2. The van der Waals surface area contributed by atoms with Crippen LogP contribution >= 0.6 is 0 Å². The minimum absolute atomic E-state index is 0. The van der Waals surface area contributed by atoms with Gasteiger partial charge in [-0.15, -0.1) is 12.1 Å². The van der Waals surface area contributed by atoms with Crippen molar-refractivity contribution in [2.45, 2.75) is 6.92 Å². The molecule has 0 atom stereocenters. The van der Waals surface area contributed by atoms with Crippen LogP contribution in [-0.4, -0.2) is 0 Å². The smallest absolute Gasteiger partial charge is 0.214 e. The van der Waals surface area contributed by atoms with Gasteiger partial charge in [0.05, 0.1) is 0 Å². The Bertz CT molecular complexity index is 404. The average molecular weight is 250 g/mol. The van der Waals surface area contributed by atoms with Gasteiger partial charge >= 0.3 is 17.1 Å². The molecule has 2 aromatic rings. The SMILES string of the molecule is C=C(C)C#C[c-]1cccc1.[Fe+2].c1cc[cH-]c1. The molecule has 0 heterocycles. The predicted octanol–water partition coefficient (Wildman–Crippen LogP) is 3.74. The second-order valence-corrected chi connectivity index (χ2v) is 3.17. The molecule has 0 aromatic heterocycles. The van der Waals surface area contributed by atoms with Crippen LogP contribution in [0.25, 0.3) is 0 Å². The molecule has 0 unspecified atom stereocenters. The monoisotopic (exact) mass is 250 g/mol. The van der Waals surface area contributed by atoms with Crippen LogP contribution in [0.4, 0.5) is 0 Å². The van der Waals surface area contributed by atoms with Gasteiger partial charge in [-0.2, -0.15) is 42.2 Å².